The number of hydrogen-bond donors (Lipinski definition) is 6. The largest absolute Gasteiger partial charge is 0.503 e. The van der Waals surface area contributed by atoms with Crippen LogP contribution in [0.5, 0.6) is 0 Å². The Morgan fingerprint density at radius 1 is 0.667 bits per heavy atom. The molecule has 0 aliphatic carbocycles. The van der Waals surface area contributed by atoms with E-state index >= 15 is 0 Å². The van der Waals surface area contributed by atoms with Gasteiger partial charge in [0.05, 0.1) is 0 Å². The summed E-state index contributed by atoms with van der Waals surface area (Å²) in [6.45, 7) is 2.22. The van der Waals surface area contributed by atoms with Gasteiger partial charge in [-0.3, -0.25) is 0 Å². The molecule has 0 spiro atoms. The summed E-state index contributed by atoms with van der Waals surface area (Å²) in [5, 5.41) is 42.5. The van der Waals surface area contributed by atoms with Crippen LogP contribution in [0.15, 0.2) is 0 Å². The average molecular weight is 276 g/mol. The molecule has 0 bridgehead atoms. The fourth-order valence-corrected chi connectivity index (χ4v) is 0. The van der Waals surface area contributed by atoms with Crippen molar-refractivity contribution in [3.05, 3.63) is 0 Å². The number of carbonyl (C=O) groups is 4. The number of carbonyl (C=O) groups excluding carboxylic acids is 2. The molecule has 0 rings (SSSR count). The van der Waals surface area contributed by atoms with Crippen LogP contribution in [0, 0.1) is 0 Å². The summed E-state index contributed by atoms with van der Waals surface area (Å²) in [6, 6.07) is 0. The minimum absolute atomic E-state index is 0.690. The van der Waals surface area contributed by atoms with E-state index in [-0.39, 0.29) is 0 Å². The van der Waals surface area contributed by atoms with E-state index in [0.717, 1.165) is 13.8 Å². The maximum Gasteiger partial charge on any atom is 0.503 e. The second-order valence-electron chi connectivity index (χ2n) is 1.73. The van der Waals surface area contributed by atoms with Crippen molar-refractivity contribution in [2.75, 3.05) is 0 Å². The summed E-state index contributed by atoms with van der Waals surface area (Å²) in [4.78, 5) is 42.0. The van der Waals surface area contributed by atoms with Crippen LogP contribution < -0.4 is 0 Å². The normalized spacial score (nSPS) is 6.44. The third-order valence-corrected chi connectivity index (χ3v) is 0.257. The maximum atomic E-state index is 9.34. The summed E-state index contributed by atoms with van der Waals surface area (Å²) >= 11 is 0. The molecule has 0 heterocycles. The Morgan fingerprint density at radius 2 is 0.722 bits per heavy atom. The first-order chi connectivity index (χ1) is 8.00. The maximum absolute atomic E-state index is 9.34. The Morgan fingerprint density at radius 3 is 0.722 bits per heavy atom. The highest BCUT2D eigenvalue weighted by Gasteiger charge is 1.79. The van der Waals surface area contributed by atoms with Gasteiger partial charge in [0, 0.05) is 13.8 Å². The molecule has 0 saturated heterocycles. The van der Waals surface area contributed by atoms with Crippen molar-refractivity contribution in [2.45, 2.75) is 13.8 Å². The van der Waals surface area contributed by atoms with Gasteiger partial charge in [0.2, 0.25) is 0 Å². The molecule has 0 radical (unpaired) electrons. The van der Waals surface area contributed by atoms with Crippen molar-refractivity contribution in [1.82, 2.24) is 0 Å². The molecule has 0 saturated carbocycles. The Labute approximate surface area is 99.1 Å². The van der Waals surface area contributed by atoms with E-state index in [9.17, 15) is 9.59 Å². The summed E-state index contributed by atoms with van der Waals surface area (Å²) in [6.07, 6.45) is -3.67. The Kier molecular flexibility index (Phi) is 27.2. The zero-order chi connectivity index (χ0) is 15.7. The minimum atomic E-state index is -1.83. The van der Waals surface area contributed by atoms with Gasteiger partial charge in [0.25, 0.3) is 0 Å². The van der Waals surface area contributed by atoms with Crippen molar-refractivity contribution in [3.8, 4) is 0 Å². The number of carboxylic acid groups (broad SMARTS) is 4. The monoisotopic (exact) mass is 276 g/mol. The van der Waals surface area contributed by atoms with Crippen LogP contribution in [0.4, 0.5) is 9.59 Å². The van der Waals surface area contributed by atoms with Gasteiger partial charge in [0.1, 0.15) is 0 Å². The molecule has 0 aliphatic rings. The van der Waals surface area contributed by atoms with Crippen LogP contribution in [-0.4, -0.2) is 55.2 Å². The summed E-state index contributed by atoms with van der Waals surface area (Å²) in [7, 11) is 0. The SMILES string of the molecule is CC(=O)OO.CC(=O)OO.O=C(O)O.O=C(O)O. The quantitative estimate of drug-likeness (QED) is 0.263. The second-order valence-corrected chi connectivity index (χ2v) is 1.73. The fourth-order valence-electron chi connectivity index (χ4n) is 0. The molecule has 18 heavy (non-hydrogen) atoms. The standard InChI is InChI=1S/2C2H4O3.2CH2O3/c2*1-2(3)5-4;2*2-1(3)4/h2*4H,1H3;2*(H2,2,3,4). The van der Waals surface area contributed by atoms with Gasteiger partial charge < -0.3 is 30.2 Å². The van der Waals surface area contributed by atoms with Crippen LogP contribution in [-0.2, 0) is 19.4 Å². The van der Waals surface area contributed by atoms with E-state index in [2.05, 4.69) is 9.78 Å². The van der Waals surface area contributed by atoms with E-state index < -0.39 is 24.2 Å². The molecular formula is C6H12O12. The predicted molar refractivity (Wildman–Crippen MR) is 50.1 cm³/mol. The van der Waals surface area contributed by atoms with E-state index in [0.29, 0.717) is 0 Å². The lowest BCUT2D eigenvalue weighted by Crippen LogP contribution is -1.89. The lowest BCUT2D eigenvalue weighted by Gasteiger charge is -1.76. The molecular weight excluding hydrogens is 264 g/mol. The van der Waals surface area contributed by atoms with Gasteiger partial charge in [0.15, 0.2) is 0 Å². The van der Waals surface area contributed by atoms with Crippen LogP contribution in [0.2, 0.25) is 0 Å². The highest BCUT2D eigenvalue weighted by atomic mass is 17.1. The molecule has 12 heteroatoms. The fraction of sp³-hybridized carbons (Fsp3) is 0.333. The Bertz CT molecular complexity index is 211. The summed E-state index contributed by atoms with van der Waals surface area (Å²) in [5.41, 5.74) is 0. The highest BCUT2D eigenvalue weighted by molar-refractivity contribution is 5.65. The van der Waals surface area contributed by atoms with E-state index in [1.54, 1.807) is 0 Å². The smallest absolute Gasteiger partial charge is 0.450 e. The Balaban J connectivity index is -0.0000000731. The molecule has 108 valence electrons. The Hall–Kier alpha value is -2.60. The van der Waals surface area contributed by atoms with Crippen LogP contribution >= 0.6 is 0 Å². The van der Waals surface area contributed by atoms with Crippen molar-refractivity contribution < 1.29 is 59.9 Å². The van der Waals surface area contributed by atoms with E-state index in [4.69, 9.17) is 40.5 Å². The molecule has 0 aliphatic heterocycles. The first-order valence-electron chi connectivity index (χ1n) is 3.48. The topological polar surface area (TPSA) is 208 Å². The molecule has 12 nitrogen and oxygen atoms in total. The minimum Gasteiger partial charge on any atom is -0.450 e. The van der Waals surface area contributed by atoms with Gasteiger partial charge in [-0.1, -0.05) is 0 Å². The first kappa shape index (κ1) is 24.6. The summed E-state index contributed by atoms with van der Waals surface area (Å²) < 4.78 is 0. The highest BCUT2D eigenvalue weighted by Crippen LogP contribution is 1.60. The van der Waals surface area contributed by atoms with Gasteiger partial charge in [-0.05, 0) is 0 Å². The molecule has 0 amide bonds. The molecule has 6 N–H and O–H groups in total. The molecule has 0 fully saturated rings. The molecule has 0 unspecified atom stereocenters. The van der Waals surface area contributed by atoms with Crippen molar-refractivity contribution in [2.24, 2.45) is 0 Å². The number of hydrogen-bond acceptors (Lipinski definition) is 8. The zero-order valence-electron chi connectivity index (χ0n) is 9.13. The predicted octanol–water partition coefficient (Wildman–Crippen LogP) is 0.490. The molecule has 0 aromatic heterocycles. The lowest BCUT2D eigenvalue weighted by atomic mass is 10.9. The van der Waals surface area contributed by atoms with Gasteiger partial charge in [-0.2, -0.15) is 10.5 Å². The third-order valence-electron chi connectivity index (χ3n) is 0.257. The van der Waals surface area contributed by atoms with Crippen LogP contribution in [0.3, 0.4) is 0 Å². The lowest BCUT2D eigenvalue weighted by molar-refractivity contribution is -0.231. The summed E-state index contributed by atoms with van der Waals surface area (Å²) in [5.74, 6) is -1.38. The van der Waals surface area contributed by atoms with Gasteiger partial charge in [-0.25, -0.2) is 19.2 Å². The van der Waals surface area contributed by atoms with Gasteiger partial charge >= 0.3 is 24.2 Å². The number of rotatable bonds is 0. The average Bonchev–Trinajstić information content (AvgIpc) is 2.16. The van der Waals surface area contributed by atoms with Crippen molar-refractivity contribution in [1.29, 1.82) is 0 Å². The van der Waals surface area contributed by atoms with Crippen molar-refractivity contribution in [3.63, 3.8) is 0 Å². The molecule has 0 aromatic carbocycles. The second kappa shape index (κ2) is 19.9. The molecule has 0 aromatic rings. The van der Waals surface area contributed by atoms with Crippen LogP contribution in [0.1, 0.15) is 13.8 Å². The zero-order valence-corrected chi connectivity index (χ0v) is 9.13. The van der Waals surface area contributed by atoms with E-state index in [1.165, 1.54) is 0 Å². The molecule has 0 atom stereocenters. The first-order valence-corrected chi connectivity index (χ1v) is 3.48. The third kappa shape index (κ3) is 1050. The van der Waals surface area contributed by atoms with Crippen molar-refractivity contribution >= 4 is 24.2 Å². The van der Waals surface area contributed by atoms with Gasteiger partial charge in [-0.15, -0.1) is 0 Å². The van der Waals surface area contributed by atoms with E-state index in [1.807, 2.05) is 0 Å². The van der Waals surface area contributed by atoms with Crippen LogP contribution in [0.25, 0.3) is 0 Å².